The predicted octanol–water partition coefficient (Wildman–Crippen LogP) is 1.30. The molecule has 0 radical (unpaired) electrons. The second kappa shape index (κ2) is 2.88. The topological polar surface area (TPSA) is 36.4 Å². The highest BCUT2D eigenvalue weighted by Crippen LogP contribution is 2.23. The van der Waals surface area contributed by atoms with E-state index >= 15 is 0 Å². The van der Waals surface area contributed by atoms with Gasteiger partial charge in [0.1, 0.15) is 5.00 Å². The predicted molar refractivity (Wildman–Crippen MR) is 42.7 cm³/mol. The lowest BCUT2D eigenvalue weighted by atomic mass is 10.5. The summed E-state index contributed by atoms with van der Waals surface area (Å²) in [6.45, 7) is 2.98. The zero-order valence-corrected chi connectivity index (χ0v) is 6.85. The van der Waals surface area contributed by atoms with E-state index in [1.165, 1.54) is 11.5 Å². The first-order valence-electron chi connectivity index (χ1n) is 3.11. The summed E-state index contributed by atoms with van der Waals surface area (Å²) in [5.41, 5.74) is 0. The second-order valence-electron chi connectivity index (χ2n) is 2.04. The number of anilines is 1. The Morgan fingerprint density at radius 1 is 1.80 bits per heavy atom. The molecule has 3 nitrogen and oxygen atoms in total. The highest BCUT2D eigenvalue weighted by Gasteiger charge is 2.01. The van der Waals surface area contributed by atoms with Crippen LogP contribution in [-0.4, -0.2) is 23.1 Å². The maximum absolute atomic E-state index is 8.87. The molecule has 56 valence electrons. The van der Waals surface area contributed by atoms with Gasteiger partial charge in [0.2, 0.25) is 5.88 Å². The van der Waals surface area contributed by atoms with Crippen LogP contribution in [0.15, 0.2) is 6.07 Å². The summed E-state index contributed by atoms with van der Waals surface area (Å²) in [6, 6.07) is 1.66. The number of hydrogen-bond acceptors (Lipinski definition) is 4. The lowest BCUT2D eigenvalue weighted by molar-refractivity contribution is 0.460. The zero-order valence-electron chi connectivity index (χ0n) is 6.03. The van der Waals surface area contributed by atoms with Crippen LogP contribution in [0.5, 0.6) is 5.88 Å². The van der Waals surface area contributed by atoms with Crippen molar-refractivity contribution in [1.82, 2.24) is 4.37 Å². The van der Waals surface area contributed by atoms with Crippen molar-refractivity contribution in [2.24, 2.45) is 0 Å². The molecule has 0 fully saturated rings. The van der Waals surface area contributed by atoms with Crippen LogP contribution < -0.4 is 4.90 Å². The molecule has 0 spiro atoms. The molecular weight excluding hydrogens is 148 g/mol. The van der Waals surface area contributed by atoms with Crippen molar-refractivity contribution in [1.29, 1.82) is 0 Å². The fourth-order valence-corrected chi connectivity index (χ4v) is 1.26. The highest BCUT2D eigenvalue weighted by atomic mass is 32.1. The average molecular weight is 158 g/mol. The van der Waals surface area contributed by atoms with Gasteiger partial charge < -0.3 is 10.0 Å². The van der Waals surface area contributed by atoms with Gasteiger partial charge in [0, 0.05) is 19.7 Å². The Hall–Kier alpha value is -0.770. The summed E-state index contributed by atoms with van der Waals surface area (Å²) < 4.78 is 3.74. The molecule has 1 aromatic rings. The molecule has 10 heavy (non-hydrogen) atoms. The van der Waals surface area contributed by atoms with Gasteiger partial charge in [0.25, 0.3) is 0 Å². The van der Waals surface area contributed by atoms with Crippen LogP contribution >= 0.6 is 11.5 Å². The summed E-state index contributed by atoms with van der Waals surface area (Å²) in [7, 11) is 1.97. The fourth-order valence-electron chi connectivity index (χ4n) is 0.592. The third kappa shape index (κ3) is 1.39. The van der Waals surface area contributed by atoms with Crippen molar-refractivity contribution in [3.8, 4) is 5.88 Å². The van der Waals surface area contributed by atoms with Crippen molar-refractivity contribution in [3.63, 3.8) is 0 Å². The smallest absolute Gasteiger partial charge is 0.224 e. The maximum Gasteiger partial charge on any atom is 0.224 e. The van der Waals surface area contributed by atoms with Gasteiger partial charge in [-0.2, -0.15) is 4.37 Å². The minimum absolute atomic E-state index is 0.111. The first-order valence-corrected chi connectivity index (χ1v) is 3.88. The summed E-state index contributed by atoms with van der Waals surface area (Å²) in [6.07, 6.45) is 0. The number of rotatable bonds is 2. The van der Waals surface area contributed by atoms with E-state index < -0.39 is 0 Å². The van der Waals surface area contributed by atoms with E-state index in [2.05, 4.69) is 11.3 Å². The summed E-state index contributed by atoms with van der Waals surface area (Å²) in [5, 5.41) is 9.87. The molecular formula is C6H10N2OS. The Morgan fingerprint density at radius 3 is 2.90 bits per heavy atom. The Kier molecular flexibility index (Phi) is 2.11. The molecule has 0 unspecified atom stereocenters. The second-order valence-corrected chi connectivity index (χ2v) is 2.82. The van der Waals surface area contributed by atoms with E-state index in [1.807, 2.05) is 11.9 Å². The lowest BCUT2D eigenvalue weighted by Gasteiger charge is -2.11. The molecule has 0 aliphatic heterocycles. The van der Waals surface area contributed by atoms with Gasteiger partial charge in [0.05, 0.1) is 0 Å². The first-order chi connectivity index (χ1) is 4.74. The van der Waals surface area contributed by atoms with Gasteiger partial charge in [0.15, 0.2) is 0 Å². The first kappa shape index (κ1) is 7.34. The van der Waals surface area contributed by atoms with Gasteiger partial charge in [-0.15, -0.1) is 0 Å². The van der Waals surface area contributed by atoms with Crippen LogP contribution in [0.4, 0.5) is 5.00 Å². The summed E-state index contributed by atoms with van der Waals surface area (Å²) in [5.74, 6) is 0.111. The van der Waals surface area contributed by atoms with Crippen LogP contribution in [-0.2, 0) is 0 Å². The molecule has 0 saturated carbocycles. The molecule has 1 aromatic heterocycles. The zero-order chi connectivity index (χ0) is 7.56. The van der Waals surface area contributed by atoms with E-state index in [0.717, 1.165) is 11.5 Å². The third-order valence-electron chi connectivity index (χ3n) is 1.34. The van der Waals surface area contributed by atoms with Crippen molar-refractivity contribution in [3.05, 3.63) is 6.07 Å². The normalized spacial score (nSPS) is 9.80. The summed E-state index contributed by atoms with van der Waals surface area (Å²) >= 11 is 1.31. The molecule has 0 aliphatic rings. The van der Waals surface area contributed by atoms with E-state index in [-0.39, 0.29) is 5.88 Å². The van der Waals surface area contributed by atoms with Crippen LogP contribution in [0.2, 0.25) is 0 Å². The van der Waals surface area contributed by atoms with E-state index in [4.69, 9.17) is 5.11 Å². The number of nitrogens with zero attached hydrogens (tertiary/aromatic N) is 2. The number of aromatic hydroxyl groups is 1. The van der Waals surface area contributed by atoms with Crippen molar-refractivity contribution < 1.29 is 5.11 Å². The van der Waals surface area contributed by atoms with Crippen molar-refractivity contribution in [2.75, 3.05) is 18.5 Å². The Bertz CT molecular complexity index is 211. The van der Waals surface area contributed by atoms with Crippen LogP contribution in [0.1, 0.15) is 6.92 Å². The van der Waals surface area contributed by atoms with Crippen LogP contribution in [0.25, 0.3) is 0 Å². The lowest BCUT2D eigenvalue weighted by Crippen LogP contribution is -2.13. The molecule has 0 aromatic carbocycles. The van der Waals surface area contributed by atoms with E-state index in [9.17, 15) is 0 Å². The van der Waals surface area contributed by atoms with Gasteiger partial charge in [-0.3, -0.25) is 0 Å². The molecule has 0 atom stereocenters. The van der Waals surface area contributed by atoms with E-state index in [1.54, 1.807) is 6.07 Å². The van der Waals surface area contributed by atoms with Gasteiger partial charge in [-0.25, -0.2) is 0 Å². The Morgan fingerprint density at radius 2 is 2.50 bits per heavy atom. The van der Waals surface area contributed by atoms with Gasteiger partial charge in [-0.05, 0) is 18.5 Å². The monoisotopic (exact) mass is 158 g/mol. The number of aromatic nitrogens is 1. The number of hydrogen-bond donors (Lipinski definition) is 1. The van der Waals surface area contributed by atoms with Gasteiger partial charge in [-0.1, -0.05) is 0 Å². The van der Waals surface area contributed by atoms with E-state index in [0.29, 0.717) is 0 Å². The molecule has 4 heteroatoms. The minimum Gasteiger partial charge on any atom is -0.493 e. The molecule has 0 amide bonds. The quantitative estimate of drug-likeness (QED) is 0.705. The molecule has 0 aliphatic carbocycles. The largest absolute Gasteiger partial charge is 0.493 e. The summed E-state index contributed by atoms with van der Waals surface area (Å²) in [4.78, 5) is 2.03. The third-order valence-corrected chi connectivity index (χ3v) is 2.23. The molecule has 1 heterocycles. The van der Waals surface area contributed by atoms with Crippen molar-refractivity contribution >= 4 is 16.5 Å². The maximum atomic E-state index is 8.87. The molecule has 0 saturated heterocycles. The molecule has 1 N–H and O–H groups in total. The standard InChI is InChI=1S/C6H10N2OS/c1-3-8(2)6-4-5(9)7-10-6/h4H,3H2,1-2H3,(H,7,9). The fraction of sp³-hybridized carbons (Fsp3) is 0.500. The Labute approximate surface area is 64.1 Å². The van der Waals surface area contributed by atoms with Crippen molar-refractivity contribution in [2.45, 2.75) is 6.92 Å². The SMILES string of the molecule is CCN(C)c1cc(O)ns1. The van der Waals surface area contributed by atoms with Crippen LogP contribution in [0, 0.1) is 0 Å². The average Bonchev–Trinajstić information content (AvgIpc) is 2.34. The van der Waals surface area contributed by atoms with Crippen LogP contribution in [0.3, 0.4) is 0 Å². The molecule has 0 bridgehead atoms. The van der Waals surface area contributed by atoms with Gasteiger partial charge >= 0.3 is 0 Å². The Balaban J connectivity index is 2.74. The highest BCUT2D eigenvalue weighted by molar-refractivity contribution is 7.10. The molecule has 1 rings (SSSR count). The minimum atomic E-state index is 0.111.